The van der Waals surface area contributed by atoms with E-state index in [1.165, 1.54) is 24.9 Å². The molecule has 1 aliphatic heterocycles. The van der Waals surface area contributed by atoms with Gasteiger partial charge >= 0.3 is 0 Å². The number of thioether (sulfide) groups is 1. The Hall–Kier alpha value is -2.91. The predicted octanol–water partition coefficient (Wildman–Crippen LogP) is 4.40. The van der Waals surface area contributed by atoms with Gasteiger partial charge in [0.25, 0.3) is 11.6 Å². The number of nitro groups is 1. The summed E-state index contributed by atoms with van der Waals surface area (Å²) in [6.45, 7) is 2.44. The number of likely N-dealkylation sites (N-methyl/N-ethyl adjacent to an activating group) is 1. The van der Waals surface area contributed by atoms with Gasteiger partial charge in [0.15, 0.2) is 11.5 Å². The van der Waals surface area contributed by atoms with Crippen LogP contribution in [-0.2, 0) is 11.4 Å². The molecule has 1 aliphatic rings. The van der Waals surface area contributed by atoms with Crippen LogP contribution in [0.5, 0.6) is 11.5 Å². The standard InChI is InChI=1S/C20H18N2O5S2/c1-3-21-19(23)18(29-20(21)28)11-13-8-9-16(17(10-13)26-2)27-12-14-6-4-5-7-15(14)22(24)25/h4-11H,3,12H2,1-2H3/b18-11-. The average Bonchev–Trinajstić information content (AvgIpc) is 2.99. The number of amides is 1. The van der Waals surface area contributed by atoms with Crippen LogP contribution in [0, 0.1) is 10.1 Å². The number of para-hydroxylation sites is 1. The molecule has 3 rings (SSSR count). The molecule has 7 nitrogen and oxygen atoms in total. The van der Waals surface area contributed by atoms with Crippen LogP contribution in [0.4, 0.5) is 5.69 Å². The summed E-state index contributed by atoms with van der Waals surface area (Å²) < 4.78 is 11.7. The normalized spacial score (nSPS) is 15.1. The average molecular weight is 431 g/mol. The number of ether oxygens (including phenoxy) is 2. The zero-order valence-electron chi connectivity index (χ0n) is 15.8. The van der Waals surface area contributed by atoms with E-state index in [1.54, 1.807) is 47.4 Å². The number of rotatable bonds is 7. The minimum absolute atomic E-state index is 0.000961. The molecular formula is C20H18N2O5S2. The fourth-order valence-corrected chi connectivity index (χ4v) is 4.17. The van der Waals surface area contributed by atoms with Crippen molar-refractivity contribution in [1.82, 2.24) is 4.90 Å². The lowest BCUT2D eigenvalue weighted by molar-refractivity contribution is -0.385. The van der Waals surface area contributed by atoms with Crippen molar-refractivity contribution in [3.8, 4) is 11.5 Å². The van der Waals surface area contributed by atoms with E-state index in [1.807, 2.05) is 6.92 Å². The first-order valence-electron chi connectivity index (χ1n) is 8.73. The molecule has 1 heterocycles. The second-order valence-corrected chi connectivity index (χ2v) is 7.69. The summed E-state index contributed by atoms with van der Waals surface area (Å²) in [5.74, 6) is 0.797. The number of carbonyl (C=O) groups excluding carboxylic acids is 1. The summed E-state index contributed by atoms with van der Waals surface area (Å²) in [6.07, 6.45) is 1.75. The van der Waals surface area contributed by atoms with Gasteiger partial charge in [-0.3, -0.25) is 19.8 Å². The second kappa shape index (κ2) is 9.06. The summed E-state index contributed by atoms with van der Waals surface area (Å²) in [5, 5.41) is 11.1. The molecule has 0 N–H and O–H groups in total. The van der Waals surface area contributed by atoms with Crippen molar-refractivity contribution in [2.45, 2.75) is 13.5 Å². The van der Waals surface area contributed by atoms with Crippen LogP contribution in [0.2, 0.25) is 0 Å². The Morgan fingerprint density at radius 1 is 1.24 bits per heavy atom. The molecule has 1 fully saturated rings. The third-order valence-electron chi connectivity index (χ3n) is 4.25. The van der Waals surface area contributed by atoms with Gasteiger partial charge in [0.05, 0.1) is 22.5 Å². The van der Waals surface area contributed by atoms with E-state index in [9.17, 15) is 14.9 Å². The van der Waals surface area contributed by atoms with Gasteiger partial charge in [-0.1, -0.05) is 42.2 Å². The monoisotopic (exact) mass is 430 g/mol. The van der Waals surface area contributed by atoms with E-state index in [0.717, 1.165) is 5.56 Å². The number of thiocarbonyl (C=S) groups is 1. The van der Waals surface area contributed by atoms with Gasteiger partial charge in [-0.25, -0.2) is 0 Å². The van der Waals surface area contributed by atoms with Crippen molar-refractivity contribution >= 4 is 46.0 Å². The third kappa shape index (κ3) is 4.57. The number of hydrogen-bond donors (Lipinski definition) is 0. The number of nitro benzene ring substituents is 1. The van der Waals surface area contributed by atoms with Crippen molar-refractivity contribution < 1.29 is 19.2 Å². The lowest BCUT2D eigenvalue weighted by Gasteiger charge is -2.12. The van der Waals surface area contributed by atoms with Crippen LogP contribution < -0.4 is 9.47 Å². The summed E-state index contributed by atoms with van der Waals surface area (Å²) in [6, 6.07) is 11.7. The minimum atomic E-state index is -0.439. The van der Waals surface area contributed by atoms with Gasteiger partial charge in [-0.15, -0.1) is 0 Å². The van der Waals surface area contributed by atoms with Crippen molar-refractivity contribution in [3.63, 3.8) is 0 Å². The maximum Gasteiger partial charge on any atom is 0.276 e. The molecule has 0 unspecified atom stereocenters. The van der Waals surface area contributed by atoms with Gasteiger partial charge in [-0.05, 0) is 36.8 Å². The first kappa shape index (κ1) is 20.8. The van der Waals surface area contributed by atoms with Crippen molar-refractivity contribution in [2.75, 3.05) is 13.7 Å². The highest BCUT2D eigenvalue weighted by atomic mass is 32.2. The number of hydrogen-bond acceptors (Lipinski definition) is 7. The summed E-state index contributed by atoms with van der Waals surface area (Å²) in [7, 11) is 1.51. The minimum Gasteiger partial charge on any atom is -0.493 e. The lowest BCUT2D eigenvalue weighted by Crippen LogP contribution is -2.27. The van der Waals surface area contributed by atoms with E-state index in [4.69, 9.17) is 21.7 Å². The largest absolute Gasteiger partial charge is 0.493 e. The maximum atomic E-state index is 12.4. The van der Waals surface area contributed by atoms with Gasteiger partial charge in [-0.2, -0.15) is 0 Å². The number of carbonyl (C=O) groups is 1. The molecule has 0 aromatic heterocycles. The third-order valence-corrected chi connectivity index (χ3v) is 5.62. The number of benzene rings is 2. The fraction of sp³-hybridized carbons (Fsp3) is 0.200. The molecule has 0 atom stereocenters. The number of methoxy groups -OCH3 is 1. The van der Waals surface area contributed by atoms with Crippen molar-refractivity contribution in [3.05, 3.63) is 68.6 Å². The molecule has 1 amide bonds. The Balaban J connectivity index is 1.80. The number of nitrogens with zero attached hydrogens (tertiary/aromatic N) is 2. The Morgan fingerprint density at radius 3 is 2.66 bits per heavy atom. The van der Waals surface area contributed by atoms with E-state index in [0.29, 0.717) is 32.8 Å². The molecule has 9 heteroatoms. The highest BCUT2D eigenvalue weighted by molar-refractivity contribution is 8.26. The van der Waals surface area contributed by atoms with E-state index in [-0.39, 0.29) is 18.2 Å². The van der Waals surface area contributed by atoms with E-state index >= 15 is 0 Å². The topological polar surface area (TPSA) is 81.9 Å². The zero-order chi connectivity index (χ0) is 21.0. The van der Waals surface area contributed by atoms with Crippen molar-refractivity contribution in [2.24, 2.45) is 0 Å². The maximum absolute atomic E-state index is 12.4. The highest BCUT2D eigenvalue weighted by Gasteiger charge is 2.30. The molecule has 1 saturated heterocycles. The van der Waals surface area contributed by atoms with Crippen LogP contribution in [-0.4, -0.2) is 33.7 Å². The summed E-state index contributed by atoms with van der Waals surface area (Å²) in [5.41, 5.74) is 1.23. The Morgan fingerprint density at radius 2 is 2.00 bits per heavy atom. The van der Waals surface area contributed by atoms with Crippen LogP contribution >= 0.6 is 24.0 Å². The Kier molecular flexibility index (Phi) is 6.50. The smallest absolute Gasteiger partial charge is 0.276 e. The van der Waals surface area contributed by atoms with Crippen LogP contribution in [0.25, 0.3) is 6.08 Å². The quantitative estimate of drug-likeness (QED) is 0.279. The summed E-state index contributed by atoms with van der Waals surface area (Å²) >= 11 is 6.49. The molecule has 0 saturated carbocycles. The summed E-state index contributed by atoms with van der Waals surface area (Å²) in [4.78, 5) is 25.2. The zero-order valence-corrected chi connectivity index (χ0v) is 17.4. The van der Waals surface area contributed by atoms with Gasteiger partial charge in [0.2, 0.25) is 0 Å². The molecule has 29 heavy (non-hydrogen) atoms. The molecule has 2 aromatic carbocycles. The molecule has 2 aromatic rings. The van der Waals surface area contributed by atoms with Crippen LogP contribution in [0.3, 0.4) is 0 Å². The van der Waals surface area contributed by atoms with Crippen LogP contribution in [0.15, 0.2) is 47.4 Å². The molecule has 150 valence electrons. The molecule has 0 spiro atoms. The predicted molar refractivity (Wildman–Crippen MR) is 116 cm³/mol. The molecular weight excluding hydrogens is 412 g/mol. The molecule has 0 aliphatic carbocycles. The van der Waals surface area contributed by atoms with Gasteiger partial charge < -0.3 is 9.47 Å². The fourth-order valence-electron chi connectivity index (χ4n) is 2.78. The van der Waals surface area contributed by atoms with Crippen molar-refractivity contribution in [1.29, 1.82) is 0 Å². The highest BCUT2D eigenvalue weighted by Crippen LogP contribution is 2.35. The first-order valence-corrected chi connectivity index (χ1v) is 9.95. The lowest BCUT2D eigenvalue weighted by atomic mass is 10.1. The molecule has 0 bridgehead atoms. The molecule has 0 radical (unpaired) electrons. The van der Waals surface area contributed by atoms with Gasteiger partial charge in [0, 0.05) is 12.6 Å². The van der Waals surface area contributed by atoms with E-state index in [2.05, 4.69) is 0 Å². The van der Waals surface area contributed by atoms with E-state index < -0.39 is 4.92 Å². The van der Waals surface area contributed by atoms with Crippen LogP contribution in [0.1, 0.15) is 18.1 Å². The Bertz CT molecular complexity index is 1010. The first-order chi connectivity index (χ1) is 13.9. The SMILES string of the molecule is CCN1C(=O)/C(=C/c2ccc(OCc3ccccc3[N+](=O)[O-])c(OC)c2)SC1=S. The van der Waals surface area contributed by atoms with Gasteiger partial charge in [0.1, 0.15) is 10.9 Å². The Labute approximate surface area is 177 Å². The second-order valence-electron chi connectivity index (χ2n) is 6.01.